The largest absolute Gasteiger partial charge is 0.310 e. The Kier molecular flexibility index (Phi) is 3.57. The molecule has 4 unspecified atom stereocenters. The second-order valence-electron chi connectivity index (χ2n) is 6.02. The second kappa shape index (κ2) is 5.20. The predicted octanol–water partition coefficient (Wildman–Crippen LogP) is 4.05. The highest BCUT2D eigenvalue weighted by molar-refractivity contribution is 5.24. The lowest BCUT2D eigenvalue weighted by molar-refractivity contribution is 0.247. The minimum Gasteiger partial charge on any atom is -0.310 e. The van der Waals surface area contributed by atoms with Gasteiger partial charge in [-0.25, -0.2) is 8.78 Å². The molecular formula is C16H21F2N. The summed E-state index contributed by atoms with van der Waals surface area (Å²) in [6, 6.07) is 4.52. The number of benzene rings is 1. The van der Waals surface area contributed by atoms with Crippen LogP contribution in [0.3, 0.4) is 0 Å². The van der Waals surface area contributed by atoms with E-state index in [9.17, 15) is 8.78 Å². The SMILES string of the molecule is CCNC(c1cccc(F)c1F)C1CC2CCC1C2. The van der Waals surface area contributed by atoms with Crippen molar-refractivity contribution in [3.05, 3.63) is 35.4 Å². The number of rotatable bonds is 4. The van der Waals surface area contributed by atoms with Crippen LogP contribution in [-0.2, 0) is 0 Å². The molecule has 0 radical (unpaired) electrons. The van der Waals surface area contributed by atoms with Crippen LogP contribution < -0.4 is 5.32 Å². The van der Waals surface area contributed by atoms with Crippen molar-refractivity contribution in [2.75, 3.05) is 6.54 Å². The van der Waals surface area contributed by atoms with Gasteiger partial charge in [-0.3, -0.25) is 0 Å². The van der Waals surface area contributed by atoms with Crippen molar-refractivity contribution in [3.8, 4) is 0 Å². The van der Waals surface area contributed by atoms with E-state index in [1.54, 1.807) is 12.1 Å². The molecule has 1 nitrogen and oxygen atoms in total. The average Bonchev–Trinajstić information content (AvgIpc) is 3.02. The molecule has 1 N–H and O–H groups in total. The van der Waals surface area contributed by atoms with Crippen LogP contribution in [0.15, 0.2) is 18.2 Å². The maximum absolute atomic E-state index is 14.1. The first-order chi connectivity index (χ1) is 9.20. The summed E-state index contributed by atoms with van der Waals surface area (Å²) in [7, 11) is 0. The zero-order chi connectivity index (χ0) is 13.4. The molecular weight excluding hydrogens is 244 g/mol. The Morgan fingerprint density at radius 3 is 2.74 bits per heavy atom. The highest BCUT2D eigenvalue weighted by Crippen LogP contribution is 2.52. The first-order valence-electron chi connectivity index (χ1n) is 7.38. The molecule has 19 heavy (non-hydrogen) atoms. The van der Waals surface area contributed by atoms with E-state index in [1.807, 2.05) is 6.92 Å². The summed E-state index contributed by atoms with van der Waals surface area (Å²) in [4.78, 5) is 0. The molecule has 104 valence electrons. The lowest BCUT2D eigenvalue weighted by Gasteiger charge is -2.31. The average molecular weight is 265 g/mol. The van der Waals surface area contributed by atoms with E-state index in [0.29, 0.717) is 17.4 Å². The Balaban J connectivity index is 1.90. The van der Waals surface area contributed by atoms with Gasteiger partial charge >= 0.3 is 0 Å². The molecule has 2 aliphatic carbocycles. The molecule has 3 rings (SSSR count). The van der Waals surface area contributed by atoms with Crippen LogP contribution in [0, 0.1) is 29.4 Å². The molecule has 1 aromatic carbocycles. The van der Waals surface area contributed by atoms with Crippen molar-refractivity contribution in [1.29, 1.82) is 0 Å². The molecule has 0 amide bonds. The van der Waals surface area contributed by atoms with Gasteiger partial charge in [-0.1, -0.05) is 25.5 Å². The third-order valence-corrected chi connectivity index (χ3v) is 4.96. The van der Waals surface area contributed by atoms with Gasteiger partial charge < -0.3 is 5.32 Å². The molecule has 0 heterocycles. The quantitative estimate of drug-likeness (QED) is 0.866. The highest BCUT2D eigenvalue weighted by atomic mass is 19.2. The Bertz CT molecular complexity index is 460. The number of hydrogen-bond donors (Lipinski definition) is 1. The van der Waals surface area contributed by atoms with E-state index in [4.69, 9.17) is 0 Å². The Hall–Kier alpha value is -0.960. The fourth-order valence-corrected chi connectivity index (χ4v) is 4.17. The molecule has 1 aromatic rings. The molecule has 0 aromatic heterocycles. The molecule has 3 heteroatoms. The first kappa shape index (κ1) is 13.0. The van der Waals surface area contributed by atoms with E-state index in [0.717, 1.165) is 18.9 Å². The maximum Gasteiger partial charge on any atom is 0.163 e. The number of hydrogen-bond acceptors (Lipinski definition) is 1. The van der Waals surface area contributed by atoms with E-state index < -0.39 is 11.6 Å². The van der Waals surface area contributed by atoms with E-state index in [1.165, 1.54) is 25.3 Å². The second-order valence-corrected chi connectivity index (χ2v) is 6.02. The van der Waals surface area contributed by atoms with Crippen molar-refractivity contribution in [3.63, 3.8) is 0 Å². The summed E-state index contributed by atoms with van der Waals surface area (Å²) >= 11 is 0. The van der Waals surface area contributed by atoms with Gasteiger partial charge in [0.15, 0.2) is 11.6 Å². The first-order valence-corrected chi connectivity index (χ1v) is 7.38. The molecule has 2 saturated carbocycles. The zero-order valence-electron chi connectivity index (χ0n) is 11.3. The fourth-order valence-electron chi connectivity index (χ4n) is 4.17. The summed E-state index contributed by atoms with van der Waals surface area (Å²) in [5, 5.41) is 3.39. The third-order valence-electron chi connectivity index (χ3n) is 4.96. The standard InChI is InChI=1S/C16H21F2N/c1-2-19-16(12-4-3-5-14(17)15(12)18)13-9-10-6-7-11(13)8-10/h3-5,10-11,13,16,19H,2,6-9H2,1H3. The Morgan fingerprint density at radius 1 is 1.26 bits per heavy atom. The molecule has 0 spiro atoms. The summed E-state index contributed by atoms with van der Waals surface area (Å²) in [5.74, 6) is 0.569. The van der Waals surface area contributed by atoms with Gasteiger partial charge in [-0.15, -0.1) is 0 Å². The van der Waals surface area contributed by atoms with Crippen LogP contribution in [0.4, 0.5) is 8.78 Å². The number of nitrogens with one attached hydrogen (secondary N) is 1. The van der Waals surface area contributed by atoms with Crippen LogP contribution in [0.2, 0.25) is 0 Å². The van der Waals surface area contributed by atoms with E-state index in [-0.39, 0.29) is 6.04 Å². The van der Waals surface area contributed by atoms with E-state index in [2.05, 4.69) is 5.32 Å². The summed E-state index contributed by atoms with van der Waals surface area (Å²) in [5.41, 5.74) is 0.513. The lowest BCUT2D eigenvalue weighted by atomic mass is 9.80. The molecule has 4 atom stereocenters. The summed E-state index contributed by atoms with van der Waals surface area (Å²) < 4.78 is 27.5. The van der Waals surface area contributed by atoms with Crippen LogP contribution in [0.1, 0.15) is 44.2 Å². The Morgan fingerprint density at radius 2 is 2.11 bits per heavy atom. The van der Waals surface area contributed by atoms with Gasteiger partial charge in [0.25, 0.3) is 0 Å². The van der Waals surface area contributed by atoms with Gasteiger partial charge in [-0.05, 0) is 49.6 Å². The van der Waals surface area contributed by atoms with Crippen molar-refractivity contribution in [2.24, 2.45) is 17.8 Å². The Labute approximate surface area is 113 Å². The topological polar surface area (TPSA) is 12.0 Å². The van der Waals surface area contributed by atoms with Crippen molar-refractivity contribution >= 4 is 0 Å². The van der Waals surface area contributed by atoms with Gasteiger partial charge in [0.1, 0.15) is 0 Å². The van der Waals surface area contributed by atoms with Crippen LogP contribution in [0.5, 0.6) is 0 Å². The predicted molar refractivity (Wildman–Crippen MR) is 71.7 cm³/mol. The van der Waals surface area contributed by atoms with Crippen molar-refractivity contribution < 1.29 is 8.78 Å². The maximum atomic E-state index is 14.1. The number of fused-ring (bicyclic) bond motifs is 2. The molecule has 2 bridgehead atoms. The van der Waals surface area contributed by atoms with Gasteiger partial charge in [0.05, 0.1) is 0 Å². The summed E-state index contributed by atoms with van der Waals surface area (Å²) in [6.07, 6.45) is 5.03. The smallest absolute Gasteiger partial charge is 0.163 e. The zero-order valence-corrected chi connectivity index (χ0v) is 11.3. The van der Waals surface area contributed by atoms with Crippen LogP contribution in [0.25, 0.3) is 0 Å². The minimum absolute atomic E-state index is 0.0315. The fraction of sp³-hybridized carbons (Fsp3) is 0.625. The van der Waals surface area contributed by atoms with Crippen molar-refractivity contribution in [1.82, 2.24) is 5.32 Å². The monoisotopic (exact) mass is 265 g/mol. The van der Waals surface area contributed by atoms with Gasteiger partial charge in [0, 0.05) is 11.6 Å². The highest BCUT2D eigenvalue weighted by Gasteiger charge is 2.43. The minimum atomic E-state index is -0.733. The van der Waals surface area contributed by atoms with Crippen LogP contribution >= 0.6 is 0 Å². The van der Waals surface area contributed by atoms with E-state index >= 15 is 0 Å². The van der Waals surface area contributed by atoms with Crippen LogP contribution in [-0.4, -0.2) is 6.54 Å². The lowest BCUT2D eigenvalue weighted by Crippen LogP contribution is -2.32. The molecule has 0 saturated heterocycles. The van der Waals surface area contributed by atoms with Gasteiger partial charge in [0.2, 0.25) is 0 Å². The summed E-state index contributed by atoms with van der Waals surface area (Å²) in [6.45, 7) is 2.81. The third kappa shape index (κ3) is 2.29. The van der Waals surface area contributed by atoms with Crippen molar-refractivity contribution in [2.45, 2.75) is 38.6 Å². The molecule has 2 fully saturated rings. The normalized spacial score (nSPS) is 30.8. The van der Waals surface area contributed by atoms with Gasteiger partial charge in [-0.2, -0.15) is 0 Å². The molecule has 0 aliphatic heterocycles. The number of halogens is 2. The molecule has 2 aliphatic rings.